The van der Waals surface area contributed by atoms with Crippen LogP contribution >= 0.6 is 11.8 Å². The molecule has 0 aliphatic carbocycles. The van der Waals surface area contributed by atoms with Gasteiger partial charge in [-0.3, -0.25) is 14.9 Å². The number of nitro groups is 1. The van der Waals surface area contributed by atoms with Crippen LogP contribution in [0.25, 0.3) is 0 Å². The minimum absolute atomic E-state index is 0.00462. The zero-order valence-electron chi connectivity index (χ0n) is 15.8. The number of aryl methyl sites for hydroxylation is 1. The molecule has 0 atom stereocenters. The molecule has 9 nitrogen and oxygen atoms in total. The van der Waals surface area contributed by atoms with E-state index < -0.39 is 23.4 Å². The van der Waals surface area contributed by atoms with Crippen LogP contribution in [0.2, 0.25) is 0 Å². The zero-order valence-corrected chi connectivity index (χ0v) is 16.6. The molecule has 1 N–H and O–H groups in total. The van der Waals surface area contributed by atoms with Crippen molar-refractivity contribution >= 4 is 35.1 Å². The Morgan fingerprint density at radius 2 is 2.11 bits per heavy atom. The van der Waals surface area contributed by atoms with Gasteiger partial charge in [-0.15, -0.1) is 11.8 Å². The minimum Gasteiger partial charge on any atom is -0.452 e. The third kappa shape index (κ3) is 6.38. The number of carbonyl (C=O) groups excluding carboxylic acids is 2. The molecule has 150 valence electrons. The van der Waals surface area contributed by atoms with Crippen molar-refractivity contribution in [2.24, 2.45) is 5.92 Å². The number of esters is 1. The molecule has 0 fully saturated rings. The van der Waals surface area contributed by atoms with Gasteiger partial charge in [-0.1, -0.05) is 19.0 Å². The number of nitrogens with zero attached hydrogens (tertiary/aromatic N) is 2. The van der Waals surface area contributed by atoms with E-state index in [2.05, 4.69) is 24.3 Å². The minimum atomic E-state index is -0.826. The van der Waals surface area contributed by atoms with E-state index in [1.807, 2.05) is 0 Å². The summed E-state index contributed by atoms with van der Waals surface area (Å²) < 4.78 is 9.73. The molecule has 1 aromatic carbocycles. The predicted octanol–water partition coefficient (Wildman–Crippen LogP) is 3.82. The summed E-state index contributed by atoms with van der Waals surface area (Å²) in [5, 5.41) is 17.3. The number of anilines is 1. The maximum Gasteiger partial charge on any atom is 0.338 e. The van der Waals surface area contributed by atoms with Crippen molar-refractivity contribution in [2.45, 2.75) is 32.1 Å². The van der Waals surface area contributed by atoms with E-state index >= 15 is 0 Å². The third-order valence-electron chi connectivity index (χ3n) is 3.57. The van der Waals surface area contributed by atoms with Gasteiger partial charge in [-0.05, 0) is 37.1 Å². The molecule has 1 amide bonds. The van der Waals surface area contributed by atoms with Crippen molar-refractivity contribution < 1.29 is 23.8 Å². The van der Waals surface area contributed by atoms with Gasteiger partial charge in [-0.25, -0.2) is 4.79 Å². The van der Waals surface area contributed by atoms with Crippen LogP contribution in [-0.4, -0.2) is 34.3 Å². The molecule has 0 saturated heterocycles. The van der Waals surface area contributed by atoms with Crippen LogP contribution < -0.4 is 5.32 Å². The smallest absolute Gasteiger partial charge is 0.338 e. The molecule has 0 spiro atoms. The highest BCUT2D eigenvalue weighted by Crippen LogP contribution is 2.31. The van der Waals surface area contributed by atoms with Gasteiger partial charge in [0.05, 0.1) is 15.4 Å². The van der Waals surface area contributed by atoms with Crippen molar-refractivity contribution in [1.29, 1.82) is 0 Å². The van der Waals surface area contributed by atoms with Gasteiger partial charge in [-0.2, -0.15) is 0 Å². The van der Waals surface area contributed by atoms with Crippen LogP contribution in [0.15, 0.2) is 33.7 Å². The summed E-state index contributed by atoms with van der Waals surface area (Å²) in [7, 11) is 0. The Labute approximate surface area is 166 Å². The number of aromatic nitrogens is 1. The first-order valence-electron chi connectivity index (χ1n) is 8.57. The SMILES string of the molecule is Cc1cc(NC(=O)COC(=O)c2ccc(SCCC(C)C)c([N+](=O)[O-])c2)no1. The number of hydrogen-bond donors (Lipinski definition) is 1. The Morgan fingerprint density at radius 1 is 1.36 bits per heavy atom. The van der Waals surface area contributed by atoms with Crippen LogP contribution in [-0.2, 0) is 9.53 Å². The number of benzene rings is 1. The van der Waals surface area contributed by atoms with Gasteiger partial charge < -0.3 is 14.6 Å². The number of amides is 1. The maximum absolute atomic E-state index is 12.1. The molecule has 2 aromatic rings. The lowest BCUT2D eigenvalue weighted by atomic mass is 10.2. The van der Waals surface area contributed by atoms with Crippen LogP contribution in [0.4, 0.5) is 11.5 Å². The van der Waals surface area contributed by atoms with E-state index in [4.69, 9.17) is 9.26 Å². The lowest BCUT2D eigenvalue weighted by Gasteiger charge is -2.08. The van der Waals surface area contributed by atoms with E-state index in [-0.39, 0.29) is 17.1 Å². The first kappa shape index (κ1) is 21.4. The van der Waals surface area contributed by atoms with Gasteiger partial charge in [0, 0.05) is 12.1 Å². The van der Waals surface area contributed by atoms with E-state index in [0.717, 1.165) is 12.2 Å². The highest BCUT2D eigenvalue weighted by atomic mass is 32.2. The quantitative estimate of drug-likeness (QED) is 0.288. The molecule has 28 heavy (non-hydrogen) atoms. The number of nitrogens with one attached hydrogen (secondary N) is 1. The molecule has 10 heteroatoms. The second kappa shape index (κ2) is 9.88. The molecule has 1 heterocycles. The number of carbonyl (C=O) groups is 2. The number of thioether (sulfide) groups is 1. The van der Waals surface area contributed by atoms with Crippen molar-refractivity contribution in [3.63, 3.8) is 0 Å². The topological polar surface area (TPSA) is 125 Å². The molecular weight excluding hydrogens is 386 g/mol. The summed E-state index contributed by atoms with van der Waals surface area (Å²) in [4.78, 5) is 35.2. The largest absolute Gasteiger partial charge is 0.452 e. The Morgan fingerprint density at radius 3 is 2.71 bits per heavy atom. The van der Waals surface area contributed by atoms with Gasteiger partial charge in [0.15, 0.2) is 12.4 Å². The average molecular weight is 407 g/mol. The molecule has 0 radical (unpaired) electrons. The second-order valence-corrected chi connectivity index (χ2v) is 7.55. The van der Waals surface area contributed by atoms with Crippen LogP contribution in [0.1, 0.15) is 36.4 Å². The van der Waals surface area contributed by atoms with E-state index in [1.54, 1.807) is 6.92 Å². The summed E-state index contributed by atoms with van der Waals surface area (Å²) in [5.74, 6) is 0.533. The normalized spacial score (nSPS) is 10.7. The monoisotopic (exact) mass is 407 g/mol. The fourth-order valence-corrected chi connectivity index (χ4v) is 3.39. The summed E-state index contributed by atoms with van der Waals surface area (Å²) in [6, 6.07) is 5.65. The molecule has 0 aliphatic rings. The standard InChI is InChI=1S/C18H21N3O6S/c1-11(2)6-7-28-15-5-4-13(9-14(15)21(24)25)18(23)26-10-17(22)19-16-8-12(3)27-20-16/h4-5,8-9,11H,6-7,10H2,1-3H3,(H,19,20,22). The Kier molecular flexibility index (Phi) is 7.56. The van der Waals surface area contributed by atoms with Gasteiger partial charge in [0.1, 0.15) is 5.76 Å². The lowest BCUT2D eigenvalue weighted by Crippen LogP contribution is -2.21. The van der Waals surface area contributed by atoms with E-state index in [1.165, 1.54) is 36.0 Å². The first-order valence-corrected chi connectivity index (χ1v) is 9.56. The molecule has 0 bridgehead atoms. The van der Waals surface area contributed by atoms with E-state index in [9.17, 15) is 19.7 Å². The molecule has 0 aliphatic heterocycles. The molecule has 0 unspecified atom stereocenters. The number of nitro benzene ring substituents is 1. The van der Waals surface area contributed by atoms with Crippen LogP contribution in [0, 0.1) is 23.0 Å². The molecule has 1 aromatic heterocycles. The van der Waals surface area contributed by atoms with Crippen molar-refractivity contribution in [3.05, 3.63) is 45.7 Å². The highest BCUT2D eigenvalue weighted by Gasteiger charge is 2.19. The Balaban J connectivity index is 1.97. The maximum atomic E-state index is 12.1. The molecule has 2 rings (SSSR count). The Bertz CT molecular complexity index is 865. The highest BCUT2D eigenvalue weighted by molar-refractivity contribution is 7.99. The van der Waals surface area contributed by atoms with Crippen LogP contribution in [0.5, 0.6) is 0 Å². The first-order chi connectivity index (χ1) is 13.3. The van der Waals surface area contributed by atoms with Gasteiger partial charge >= 0.3 is 5.97 Å². The average Bonchev–Trinajstić information content (AvgIpc) is 3.04. The molecular formula is C18H21N3O6S. The van der Waals surface area contributed by atoms with Crippen LogP contribution in [0.3, 0.4) is 0 Å². The van der Waals surface area contributed by atoms with Gasteiger partial charge in [0.25, 0.3) is 11.6 Å². The third-order valence-corrected chi connectivity index (χ3v) is 4.67. The summed E-state index contributed by atoms with van der Waals surface area (Å²) in [5.41, 5.74) is -0.157. The number of hydrogen-bond acceptors (Lipinski definition) is 8. The Hall–Kier alpha value is -2.88. The summed E-state index contributed by atoms with van der Waals surface area (Å²) >= 11 is 1.37. The fraction of sp³-hybridized carbons (Fsp3) is 0.389. The second-order valence-electron chi connectivity index (χ2n) is 6.42. The summed E-state index contributed by atoms with van der Waals surface area (Å²) in [6.45, 7) is 5.27. The number of ether oxygens (including phenoxy) is 1. The van der Waals surface area contributed by atoms with Crippen molar-refractivity contribution in [2.75, 3.05) is 17.7 Å². The van der Waals surface area contributed by atoms with Crippen molar-refractivity contribution in [1.82, 2.24) is 5.16 Å². The van der Waals surface area contributed by atoms with Gasteiger partial charge in [0.2, 0.25) is 0 Å². The zero-order chi connectivity index (χ0) is 20.7. The summed E-state index contributed by atoms with van der Waals surface area (Å²) in [6.07, 6.45) is 0.922. The molecule has 0 saturated carbocycles. The predicted molar refractivity (Wildman–Crippen MR) is 103 cm³/mol. The van der Waals surface area contributed by atoms with E-state index in [0.29, 0.717) is 16.6 Å². The lowest BCUT2D eigenvalue weighted by molar-refractivity contribution is -0.387. The fourth-order valence-electron chi connectivity index (χ4n) is 2.13. The number of rotatable bonds is 9. The van der Waals surface area contributed by atoms with Crippen molar-refractivity contribution in [3.8, 4) is 0 Å².